The number of carbonyl (C=O) groups is 1. The Morgan fingerprint density at radius 3 is 2.88 bits per heavy atom. The second-order valence-corrected chi connectivity index (χ2v) is 5.72. The highest BCUT2D eigenvalue weighted by atomic mass is 16.5. The van der Waals surface area contributed by atoms with Crippen LogP contribution in [0.2, 0.25) is 0 Å². The van der Waals surface area contributed by atoms with Gasteiger partial charge in [-0.25, -0.2) is 9.97 Å². The normalized spacial score (nSPS) is 16.4. The van der Waals surface area contributed by atoms with E-state index in [-0.39, 0.29) is 12.0 Å². The molecule has 1 aliphatic rings. The molecule has 0 aliphatic carbocycles. The van der Waals surface area contributed by atoms with E-state index in [1.54, 1.807) is 6.07 Å². The number of hydrogen-bond donors (Lipinski definition) is 2. The van der Waals surface area contributed by atoms with E-state index < -0.39 is 0 Å². The fourth-order valence-corrected chi connectivity index (χ4v) is 2.60. The van der Waals surface area contributed by atoms with Crippen LogP contribution in [-0.2, 0) is 4.74 Å². The number of nitrogens with one attached hydrogen (secondary N) is 2. The lowest BCUT2D eigenvalue weighted by Gasteiger charge is -2.11. The van der Waals surface area contributed by atoms with Gasteiger partial charge >= 0.3 is 0 Å². The zero-order chi connectivity index (χ0) is 17.5. The molecule has 1 amide bonds. The molecular weight excluding hydrogens is 320 g/mol. The molecule has 1 unspecified atom stereocenters. The van der Waals surface area contributed by atoms with E-state index in [2.05, 4.69) is 20.6 Å². The first kappa shape index (κ1) is 17.2. The van der Waals surface area contributed by atoms with E-state index in [0.717, 1.165) is 30.9 Å². The summed E-state index contributed by atoms with van der Waals surface area (Å²) in [5, 5.41) is 6.01. The van der Waals surface area contributed by atoms with Crippen molar-refractivity contribution in [2.45, 2.75) is 25.9 Å². The summed E-state index contributed by atoms with van der Waals surface area (Å²) in [5.41, 5.74) is 1.18. The van der Waals surface area contributed by atoms with Crippen molar-refractivity contribution in [3.8, 4) is 5.75 Å². The first-order valence-electron chi connectivity index (χ1n) is 8.46. The highest BCUT2D eigenvalue weighted by molar-refractivity contribution is 5.93. The van der Waals surface area contributed by atoms with Gasteiger partial charge in [-0.2, -0.15) is 0 Å². The van der Waals surface area contributed by atoms with Crippen molar-refractivity contribution in [1.29, 1.82) is 0 Å². The van der Waals surface area contributed by atoms with Crippen molar-refractivity contribution in [1.82, 2.24) is 15.3 Å². The lowest BCUT2D eigenvalue weighted by Crippen LogP contribution is -2.32. The molecule has 1 aliphatic heterocycles. The Hall–Kier alpha value is -2.67. The number of anilines is 2. The largest absolute Gasteiger partial charge is 0.494 e. The number of amides is 1. The van der Waals surface area contributed by atoms with Crippen LogP contribution < -0.4 is 15.4 Å². The van der Waals surface area contributed by atoms with E-state index in [0.29, 0.717) is 24.7 Å². The Labute approximate surface area is 146 Å². The minimum Gasteiger partial charge on any atom is -0.494 e. The van der Waals surface area contributed by atoms with Gasteiger partial charge in [0, 0.05) is 24.9 Å². The quantitative estimate of drug-likeness (QED) is 0.804. The zero-order valence-corrected chi connectivity index (χ0v) is 14.2. The second kappa shape index (κ2) is 8.43. The molecule has 2 heterocycles. The fourth-order valence-electron chi connectivity index (χ4n) is 2.60. The van der Waals surface area contributed by atoms with Crippen LogP contribution in [0.4, 0.5) is 11.5 Å². The van der Waals surface area contributed by atoms with Gasteiger partial charge in [-0.05, 0) is 44.0 Å². The standard InChI is InChI=1S/C18H22N4O3/c1-2-24-14-7-5-13(6-8-14)22-17-10-16(20-12-21-17)18(23)19-11-15-4-3-9-25-15/h5-8,10,12,15H,2-4,9,11H2,1H3,(H,19,23)(H,20,21,22). The molecule has 7 nitrogen and oxygen atoms in total. The molecule has 2 N–H and O–H groups in total. The number of aromatic nitrogens is 2. The Bertz CT molecular complexity index is 700. The number of carbonyl (C=O) groups excluding carboxylic acids is 1. The SMILES string of the molecule is CCOc1ccc(Nc2cc(C(=O)NCC3CCCO3)ncn2)cc1. The van der Waals surface area contributed by atoms with Crippen molar-refractivity contribution < 1.29 is 14.3 Å². The van der Waals surface area contributed by atoms with Gasteiger partial charge in [0.05, 0.1) is 12.7 Å². The maximum absolute atomic E-state index is 12.2. The first-order chi connectivity index (χ1) is 12.2. The summed E-state index contributed by atoms with van der Waals surface area (Å²) in [6.07, 6.45) is 3.50. The molecule has 1 fully saturated rings. The number of ether oxygens (including phenoxy) is 2. The summed E-state index contributed by atoms with van der Waals surface area (Å²) < 4.78 is 10.9. The van der Waals surface area contributed by atoms with E-state index in [9.17, 15) is 4.79 Å². The number of benzene rings is 1. The van der Waals surface area contributed by atoms with Gasteiger partial charge < -0.3 is 20.1 Å². The lowest BCUT2D eigenvalue weighted by atomic mass is 10.2. The summed E-state index contributed by atoms with van der Waals surface area (Å²) in [4.78, 5) is 20.4. The Morgan fingerprint density at radius 2 is 2.16 bits per heavy atom. The number of hydrogen-bond acceptors (Lipinski definition) is 6. The smallest absolute Gasteiger partial charge is 0.270 e. The third-order valence-corrected chi connectivity index (χ3v) is 3.85. The summed E-state index contributed by atoms with van der Waals surface area (Å²) in [5.74, 6) is 1.14. The van der Waals surface area contributed by atoms with Crippen LogP contribution in [0.1, 0.15) is 30.3 Å². The van der Waals surface area contributed by atoms with E-state index in [1.807, 2.05) is 31.2 Å². The minimum absolute atomic E-state index is 0.104. The average molecular weight is 342 g/mol. The monoisotopic (exact) mass is 342 g/mol. The van der Waals surface area contributed by atoms with Crippen LogP contribution in [0.25, 0.3) is 0 Å². The minimum atomic E-state index is -0.229. The topological polar surface area (TPSA) is 85.4 Å². The Morgan fingerprint density at radius 1 is 1.32 bits per heavy atom. The third kappa shape index (κ3) is 4.90. The van der Waals surface area contributed by atoms with Crippen LogP contribution in [0.3, 0.4) is 0 Å². The predicted molar refractivity (Wildman–Crippen MR) is 94.2 cm³/mol. The van der Waals surface area contributed by atoms with Gasteiger partial charge in [-0.15, -0.1) is 0 Å². The third-order valence-electron chi connectivity index (χ3n) is 3.85. The maximum atomic E-state index is 12.2. The molecule has 1 aromatic carbocycles. The molecule has 132 valence electrons. The van der Waals surface area contributed by atoms with E-state index in [4.69, 9.17) is 9.47 Å². The Balaban J connectivity index is 1.59. The summed E-state index contributed by atoms with van der Waals surface area (Å²) in [6.45, 7) is 3.84. The van der Waals surface area contributed by atoms with Gasteiger partial charge in [-0.3, -0.25) is 4.79 Å². The first-order valence-corrected chi connectivity index (χ1v) is 8.46. The van der Waals surface area contributed by atoms with Crippen molar-refractivity contribution in [2.75, 3.05) is 25.1 Å². The molecule has 1 atom stereocenters. The van der Waals surface area contributed by atoms with Gasteiger partial charge in [0.25, 0.3) is 5.91 Å². The molecule has 25 heavy (non-hydrogen) atoms. The summed E-state index contributed by atoms with van der Waals surface area (Å²) in [7, 11) is 0. The number of nitrogens with zero attached hydrogens (tertiary/aromatic N) is 2. The van der Waals surface area contributed by atoms with Crippen molar-refractivity contribution >= 4 is 17.4 Å². The molecule has 1 aromatic heterocycles. The van der Waals surface area contributed by atoms with Gasteiger partial charge in [0.2, 0.25) is 0 Å². The highest BCUT2D eigenvalue weighted by Gasteiger charge is 2.17. The number of rotatable bonds is 7. The van der Waals surface area contributed by atoms with Crippen molar-refractivity contribution in [3.63, 3.8) is 0 Å². The Kier molecular flexibility index (Phi) is 5.79. The van der Waals surface area contributed by atoms with Crippen LogP contribution >= 0.6 is 0 Å². The van der Waals surface area contributed by atoms with Crippen molar-refractivity contribution in [2.24, 2.45) is 0 Å². The van der Waals surface area contributed by atoms with E-state index in [1.165, 1.54) is 6.33 Å². The predicted octanol–water partition coefficient (Wildman–Crippen LogP) is 2.53. The molecule has 3 rings (SSSR count). The van der Waals surface area contributed by atoms with Crippen molar-refractivity contribution in [3.05, 3.63) is 42.4 Å². The van der Waals surface area contributed by atoms with Crippen LogP contribution in [-0.4, -0.2) is 41.7 Å². The van der Waals surface area contributed by atoms with Gasteiger partial charge in [-0.1, -0.05) is 0 Å². The molecule has 0 radical (unpaired) electrons. The maximum Gasteiger partial charge on any atom is 0.270 e. The van der Waals surface area contributed by atoms with E-state index >= 15 is 0 Å². The van der Waals surface area contributed by atoms with Crippen LogP contribution in [0.15, 0.2) is 36.7 Å². The molecule has 0 bridgehead atoms. The van der Waals surface area contributed by atoms with Crippen LogP contribution in [0, 0.1) is 0 Å². The second-order valence-electron chi connectivity index (χ2n) is 5.72. The molecule has 7 heteroatoms. The summed E-state index contributed by atoms with van der Waals surface area (Å²) >= 11 is 0. The fraction of sp³-hybridized carbons (Fsp3) is 0.389. The molecule has 1 saturated heterocycles. The van der Waals surface area contributed by atoms with Gasteiger partial charge in [0.15, 0.2) is 0 Å². The summed E-state index contributed by atoms with van der Waals surface area (Å²) in [6, 6.07) is 9.17. The van der Waals surface area contributed by atoms with Crippen LogP contribution in [0.5, 0.6) is 5.75 Å². The molecule has 0 spiro atoms. The molecular formula is C18H22N4O3. The molecule has 2 aromatic rings. The average Bonchev–Trinajstić information content (AvgIpc) is 3.15. The highest BCUT2D eigenvalue weighted by Crippen LogP contribution is 2.19. The zero-order valence-electron chi connectivity index (χ0n) is 14.2. The lowest BCUT2D eigenvalue weighted by molar-refractivity contribution is 0.0853. The molecule has 0 saturated carbocycles. The van der Waals surface area contributed by atoms with Gasteiger partial charge in [0.1, 0.15) is 23.6 Å².